The summed E-state index contributed by atoms with van der Waals surface area (Å²) < 4.78 is 11.1. The number of rotatable bonds is 0. The Labute approximate surface area is 185 Å². The van der Waals surface area contributed by atoms with Crippen molar-refractivity contribution < 1.29 is 14.6 Å². The molecule has 0 saturated carbocycles. The molecule has 5 heteroatoms. The Hall–Kier alpha value is -3.70. The van der Waals surface area contributed by atoms with Crippen molar-refractivity contribution in [1.29, 1.82) is 0 Å². The fourth-order valence-electron chi connectivity index (χ4n) is 5.81. The fourth-order valence-corrected chi connectivity index (χ4v) is 7.05. The summed E-state index contributed by atoms with van der Waals surface area (Å²) in [5.74, 6) is 1.01. The molecule has 0 aliphatic heterocycles. The molecule has 4 aromatic heterocycles. The number of furan rings is 1. The molecule has 4 nitrogen and oxygen atoms in total. The summed E-state index contributed by atoms with van der Waals surface area (Å²) in [4.78, 5) is 0. The van der Waals surface area contributed by atoms with Crippen molar-refractivity contribution in [3.63, 3.8) is 0 Å². The van der Waals surface area contributed by atoms with E-state index in [0.717, 1.165) is 53.8 Å². The summed E-state index contributed by atoms with van der Waals surface area (Å²) in [5, 5.41) is 25.1. The maximum atomic E-state index is 10.8. The number of aromatic nitrogens is 1. The molecule has 2 aromatic carbocycles. The molecule has 0 radical (unpaired) electrons. The van der Waals surface area contributed by atoms with Crippen LogP contribution in [0, 0.1) is 11.8 Å². The molecule has 2 N–H and O–H groups in total. The van der Waals surface area contributed by atoms with Crippen LogP contribution in [-0.4, -0.2) is 14.6 Å². The number of aliphatic hydroxyl groups is 1. The Morgan fingerprint density at radius 2 is 1.81 bits per heavy atom. The first-order chi connectivity index (χ1) is 15.6. The smallest absolute Gasteiger partial charge is 0.161 e. The van der Waals surface area contributed by atoms with E-state index in [9.17, 15) is 10.2 Å². The van der Waals surface area contributed by atoms with Crippen molar-refractivity contribution >= 4 is 71.2 Å². The molecule has 0 fully saturated rings. The van der Waals surface area contributed by atoms with E-state index >= 15 is 0 Å². The number of fused-ring (bicyclic) bond motifs is 11. The Morgan fingerprint density at radius 1 is 0.938 bits per heavy atom. The van der Waals surface area contributed by atoms with Crippen molar-refractivity contribution in [2.24, 2.45) is 11.8 Å². The number of allylic oxidation sites excluding steroid dienone is 3. The Kier molecular flexibility index (Phi) is 2.84. The molecule has 2 unspecified atom stereocenters. The lowest BCUT2D eigenvalue weighted by atomic mass is 9.80. The van der Waals surface area contributed by atoms with Gasteiger partial charge in [0.25, 0.3) is 0 Å². The summed E-state index contributed by atoms with van der Waals surface area (Å²) in [6.07, 6.45) is 8.11. The fraction of sp³-hybridized carbons (Fsp3) is 0.111. The second-order valence-electron chi connectivity index (χ2n) is 8.96. The molecule has 32 heavy (non-hydrogen) atoms. The van der Waals surface area contributed by atoms with Crippen LogP contribution in [-0.2, 0) is 0 Å². The van der Waals surface area contributed by atoms with Crippen LogP contribution in [0.3, 0.4) is 0 Å². The molecule has 8 rings (SSSR count). The third-order valence-corrected chi connectivity index (χ3v) is 8.34. The van der Waals surface area contributed by atoms with Gasteiger partial charge in [-0.1, -0.05) is 31.2 Å². The molecule has 2 atom stereocenters. The van der Waals surface area contributed by atoms with Gasteiger partial charge >= 0.3 is 0 Å². The number of hydrogen-bond acceptors (Lipinski definition) is 4. The molecular weight excluding hydrogens is 418 g/mol. The first-order valence-corrected chi connectivity index (χ1v) is 11.6. The Bertz CT molecular complexity index is 1980. The van der Waals surface area contributed by atoms with Gasteiger partial charge in [0.05, 0.1) is 21.1 Å². The van der Waals surface area contributed by atoms with Crippen LogP contribution in [0.1, 0.15) is 6.92 Å². The van der Waals surface area contributed by atoms with Gasteiger partial charge in [-0.25, -0.2) is 0 Å². The van der Waals surface area contributed by atoms with E-state index in [1.54, 1.807) is 17.4 Å². The van der Waals surface area contributed by atoms with Gasteiger partial charge in [-0.15, -0.1) is 11.3 Å². The highest BCUT2D eigenvalue weighted by Crippen LogP contribution is 2.47. The van der Waals surface area contributed by atoms with Crippen molar-refractivity contribution in [3.8, 4) is 5.75 Å². The van der Waals surface area contributed by atoms with Crippen LogP contribution < -0.4 is 10.6 Å². The number of phenolic OH excluding ortho intramolecular Hbond substituents is 1. The van der Waals surface area contributed by atoms with Gasteiger partial charge in [-0.05, 0) is 47.9 Å². The molecular formula is C27H17NO3S. The van der Waals surface area contributed by atoms with Gasteiger partial charge in [0.15, 0.2) is 5.58 Å². The number of hydrogen-bond donors (Lipinski definition) is 2. The predicted octanol–water partition coefficient (Wildman–Crippen LogP) is 5.56. The maximum Gasteiger partial charge on any atom is 0.161 e. The van der Waals surface area contributed by atoms with Crippen molar-refractivity contribution in [2.75, 3.05) is 0 Å². The quantitative estimate of drug-likeness (QED) is 0.328. The lowest BCUT2D eigenvalue weighted by Gasteiger charge is -2.24. The summed E-state index contributed by atoms with van der Waals surface area (Å²) in [5.41, 5.74) is 5.97. The second-order valence-corrected chi connectivity index (χ2v) is 10.0. The van der Waals surface area contributed by atoms with Crippen LogP contribution in [0.4, 0.5) is 0 Å². The highest BCUT2D eigenvalue weighted by Gasteiger charge is 2.29. The zero-order valence-corrected chi connectivity index (χ0v) is 17.9. The Balaban J connectivity index is 1.66. The lowest BCUT2D eigenvalue weighted by Crippen LogP contribution is -2.30. The minimum absolute atomic E-state index is 0.193. The number of benzene rings is 2. The maximum absolute atomic E-state index is 10.8. The van der Waals surface area contributed by atoms with E-state index in [1.807, 2.05) is 18.2 Å². The summed E-state index contributed by atoms with van der Waals surface area (Å²) in [7, 11) is 0. The molecule has 4 heterocycles. The molecule has 2 aliphatic rings. The van der Waals surface area contributed by atoms with Gasteiger partial charge in [0.1, 0.15) is 22.4 Å². The van der Waals surface area contributed by atoms with Gasteiger partial charge in [-0.2, -0.15) is 0 Å². The summed E-state index contributed by atoms with van der Waals surface area (Å²) in [6.45, 7) is 2.13. The number of nitrogens with zero attached hydrogens (tertiary/aromatic N) is 1. The molecule has 6 aromatic rings. The second kappa shape index (κ2) is 5.37. The van der Waals surface area contributed by atoms with E-state index in [4.69, 9.17) is 4.42 Å². The van der Waals surface area contributed by atoms with Gasteiger partial charge in [0, 0.05) is 26.6 Å². The largest absolute Gasteiger partial charge is 0.508 e. The molecule has 0 spiro atoms. The minimum atomic E-state index is 0.193. The highest BCUT2D eigenvalue weighted by atomic mass is 32.1. The normalized spacial score (nSPS) is 20.5. The van der Waals surface area contributed by atoms with Gasteiger partial charge in [-0.3, -0.25) is 0 Å². The monoisotopic (exact) mass is 435 g/mol. The summed E-state index contributed by atoms with van der Waals surface area (Å²) in [6, 6.07) is 12.2. The van der Waals surface area contributed by atoms with Gasteiger partial charge in [0.2, 0.25) is 0 Å². The van der Waals surface area contributed by atoms with Crippen LogP contribution in [0.2, 0.25) is 0 Å². The number of aromatic hydroxyl groups is 1. The molecule has 2 aliphatic carbocycles. The van der Waals surface area contributed by atoms with Crippen LogP contribution in [0.15, 0.2) is 64.3 Å². The van der Waals surface area contributed by atoms with E-state index in [0.29, 0.717) is 11.5 Å². The highest BCUT2D eigenvalue weighted by molar-refractivity contribution is 7.26. The molecule has 0 saturated heterocycles. The van der Waals surface area contributed by atoms with Crippen LogP contribution >= 0.6 is 11.3 Å². The number of thiophene rings is 1. The van der Waals surface area contributed by atoms with E-state index < -0.39 is 0 Å². The molecule has 0 amide bonds. The topological polar surface area (TPSA) is 58.0 Å². The van der Waals surface area contributed by atoms with Crippen molar-refractivity contribution in [1.82, 2.24) is 4.40 Å². The number of aliphatic hydroxyl groups excluding tert-OH is 1. The standard InChI is InChI=1S/C27H17NO3S/c1-12-8-14(29)9-13-10-20-18(11-17(12)13)24-26(31-20)16-6-7-19(30)22-23(16)28(24)25-15-4-2-3-5-21(15)32-27(22)25/h2-12,17,29-30H,1H3. The van der Waals surface area contributed by atoms with Crippen LogP contribution in [0.25, 0.3) is 59.8 Å². The average Bonchev–Trinajstić information content (AvgIpc) is 3.47. The van der Waals surface area contributed by atoms with Crippen molar-refractivity contribution in [3.05, 3.63) is 70.5 Å². The van der Waals surface area contributed by atoms with Gasteiger partial charge < -0.3 is 19.0 Å². The SMILES string of the molecule is CC1C=C(O)C=C2C=c3oc4c5ccc(O)c6c7sc8ccccc8c7n(c4c3=CC21)c56. The van der Waals surface area contributed by atoms with Crippen LogP contribution in [0.5, 0.6) is 5.75 Å². The molecule has 154 valence electrons. The van der Waals surface area contributed by atoms with E-state index in [2.05, 4.69) is 47.7 Å². The van der Waals surface area contributed by atoms with E-state index in [1.165, 1.54) is 10.1 Å². The zero-order chi connectivity index (χ0) is 21.3. The zero-order valence-electron chi connectivity index (χ0n) is 17.1. The third kappa shape index (κ3) is 1.82. The third-order valence-electron chi connectivity index (χ3n) is 7.16. The first-order valence-electron chi connectivity index (χ1n) is 10.8. The average molecular weight is 436 g/mol. The van der Waals surface area contributed by atoms with Crippen molar-refractivity contribution in [2.45, 2.75) is 6.92 Å². The minimum Gasteiger partial charge on any atom is -0.508 e. The lowest BCUT2D eigenvalue weighted by molar-refractivity contribution is 0.411. The van der Waals surface area contributed by atoms with E-state index in [-0.39, 0.29) is 11.8 Å². The summed E-state index contributed by atoms with van der Waals surface area (Å²) >= 11 is 1.73. The first kappa shape index (κ1) is 16.9. The number of phenols is 1. The predicted molar refractivity (Wildman–Crippen MR) is 130 cm³/mol. The Morgan fingerprint density at radius 3 is 2.72 bits per heavy atom. The molecule has 0 bridgehead atoms.